The quantitative estimate of drug-likeness (QED) is 0.831. The lowest BCUT2D eigenvalue weighted by atomic mass is 10.2. The molecule has 0 aliphatic carbocycles. The van der Waals surface area contributed by atoms with E-state index in [-0.39, 0.29) is 14.8 Å². The summed E-state index contributed by atoms with van der Waals surface area (Å²) in [6.07, 6.45) is -3.87. The van der Waals surface area contributed by atoms with Gasteiger partial charge in [0.1, 0.15) is 0 Å². The molecule has 5 nitrogen and oxygen atoms in total. The summed E-state index contributed by atoms with van der Waals surface area (Å²) in [5.41, 5.74) is -1.93. The zero-order valence-corrected chi connectivity index (χ0v) is 14.9. The van der Waals surface area contributed by atoms with Crippen LogP contribution >= 0.6 is 11.6 Å². The standard InChI is InChI=1S/C14H11ClF3NO4S2/c1-24(20,21)10-3-5-11(6-4-10)25(22,23)19-13-7-2-9(15)8-12(13)14(16,17)18/h2-8,19H,1H3. The fourth-order valence-electron chi connectivity index (χ4n) is 1.91. The number of hydrogen-bond donors (Lipinski definition) is 1. The van der Waals surface area contributed by atoms with Gasteiger partial charge in [-0.15, -0.1) is 0 Å². The van der Waals surface area contributed by atoms with Gasteiger partial charge < -0.3 is 0 Å². The molecule has 0 aliphatic heterocycles. The predicted octanol–water partition coefficient (Wildman–Crippen LogP) is 3.56. The molecule has 2 rings (SSSR count). The highest BCUT2D eigenvalue weighted by Crippen LogP contribution is 2.37. The molecule has 0 fully saturated rings. The smallest absolute Gasteiger partial charge is 0.279 e. The Morgan fingerprint density at radius 2 is 1.44 bits per heavy atom. The van der Waals surface area contributed by atoms with E-state index in [0.717, 1.165) is 42.7 Å². The minimum atomic E-state index is -4.82. The van der Waals surface area contributed by atoms with Crippen LogP contribution in [0.25, 0.3) is 0 Å². The maximum absolute atomic E-state index is 13.0. The fraction of sp³-hybridized carbons (Fsp3) is 0.143. The van der Waals surface area contributed by atoms with Gasteiger partial charge in [0, 0.05) is 11.3 Å². The van der Waals surface area contributed by atoms with E-state index in [2.05, 4.69) is 0 Å². The Labute approximate surface area is 147 Å². The largest absolute Gasteiger partial charge is 0.418 e. The third kappa shape index (κ3) is 4.65. The molecule has 11 heteroatoms. The highest BCUT2D eigenvalue weighted by Gasteiger charge is 2.35. The van der Waals surface area contributed by atoms with Crippen LogP contribution in [0.15, 0.2) is 52.3 Å². The topological polar surface area (TPSA) is 80.3 Å². The zero-order valence-electron chi connectivity index (χ0n) is 12.5. The van der Waals surface area contributed by atoms with E-state index < -0.39 is 37.3 Å². The van der Waals surface area contributed by atoms with Crippen molar-refractivity contribution < 1.29 is 30.0 Å². The van der Waals surface area contributed by atoms with Gasteiger partial charge in [-0.25, -0.2) is 16.8 Å². The van der Waals surface area contributed by atoms with E-state index >= 15 is 0 Å². The normalized spacial score (nSPS) is 12.8. The number of hydrogen-bond acceptors (Lipinski definition) is 4. The van der Waals surface area contributed by atoms with Gasteiger partial charge in [0.25, 0.3) is 10.0 Å². The Bertz CT molecular complexity index is 1000. The summed E-state index contributed by atoms with van der Waals surface area (Å²) in [6.45, 7) is 0. The molecular weight excluding hydrogens is 403 g/mol. The van der Waals surface area contributed by atoms with E-state index in [1.165, 1.54) is 0 Å². The van der Waals surface area contributed by atoms with Gasteiger partial charge in [0.2, 0.25) is 0 Å². The number of sulfonamides is 1. The van der Waals surface area contributed by atoms with Crippen molar-refractivity contribution in [1.29, 1.82) is 0 Å². The average Bonchev–Trinajstić information content (AvgIpc) is 2.47. The number of rotatable bonds is 4. The Kier molecular flexibility index (Phi) is 5.08. The van der Waals surface area contributed by atoms with E-state index in [9.17, 15) is 30.0 Å². The molecule has 0 bridgehead atoms. The van der Waals surface area contributed by atoms with Crippen molar-refractivity contribution in [2.45, 2.75) is 16.0 Å². The van der Waals surface area contributed by atoms with Crippen molar-refractivity contribution in [1.82, 2.24) is 0 Å². The SMILES string of the molecule is CS(=O)(=O)c1ccc(S(=O)(=O)Nc2ccc(Cl)cc2C(F)(F)F)cc1. The Morgan fingerprint density at radius 3 is 1.92 bits per heavy atom. The number of nitrogens with one attached hydrogen (secondary N) is 1. The number of benzene rings is 2. The lowest BCUT2D eigenvalue weighted by Gasteiger charge is -2.15. The Hall–Kier alpha value is -1.78. The molecule has 0 aromatic heterocycles. The molecule has 0 saturated heterocycles. The summed E-state index contributed by atoms with van der Waals surface area (Å²) in [6, 6.07) is 6.69. The second kappa shape index (κ2) is 6.50. The van der Waals surface area contributed by atoms with Gasteiger partial charge in [-0.2, -0.15) is 13.2 Å². The maximum atomic E-state index is 13.0. The first-order valence-electron chi connectivity index (χ1n) is 6.50. The summed E-state index contributed by atoms with van der Waals surface area (Å²) in [5.74, 6) is 0. The molecule has 0 aliphatic rings. The van der Waals surface area contributed by atoms with Crippen LogP contribution in [-0.4, -0.2) is 23.1 Å². The van der Waals surface area contributed by atoms with Crippen LogP contribution in [0, 0.1) is 0 Å². The van der Waals surface area contributed by atoms with Crippen LogP contribution in [0.3, 0.4) is 0 Å². The summed E-state index contributed by atoms with van der Waals surface area (Å²) in [4.78, 5) is -0.503. The third-order valence-corrected chi connectivity index (χ3v) is 5.84. The van der Waals surface area contributed by atoms with Crippen molar-refractivity contribution in [3.05, 3.63) is 53.1 Å². The highest BCUT2D eigenvalue weighted by atomic mass is 35.5. The van der Waals surface area contributed by atoms with Gasteiger partial charge in [0.05, 0.1) is 21.0 Å². The van der Waals surface area contributed by atoms with Gasteiger partial charge in [-0.3, -0.25) is 4.72 Å². The van der Waals surface area contributed by atoms with Gasteiger partial charge in [-0.1, -0.05) is 11.6 Å². The van der Waals surface area contributed by atoms with Crippen molar-refractivity contribution in [3.8, 4) is 0 Å². The molecular formula is C14H11ClF3NO4S2. The van der Waals surface area contributed by atoms with Gasteiger partial charge >= 0.3 is 6.18 Å². The molecule has 0 atom stereocenters. The minimum absolute atomic E-state index is 0.117. The summed E-state index contributed by atoms with van der Waals surface area (Å²) < 4.78 is 88.2. The van der Waals surface area contributed by atoms with Crippen LogP contribution in [0.4, 0.5) is 18.9 Å². The third-order valence-electron chi connectivity index (χ3n) is 3.09. The van der Waals surface area contributed by atoms with Crippen molar-refractivity contribution >= 4 is 37.1 Å². The molecule has 1 N–H and O–H groups in total. The first-order chi connectivity index (χ1) is 11.3. The van der Waals surface area contributed by atoms with E-state index in [1.54, 1.807) is 0 Å². The monoisotopic (exact) mass is 413 g/mol. The van der Waals surface area contributed by atoms with Crippen LogP contribution in [0.1, 0.15) is 5.56 Å². The minimum Gasteiger partial charge on any atom is -0.279 e. The number of halogens is 4. The second-order valence-electron chi connectivity index (χ2n) is 5.04. The van der Waals surface area contributed by atoms with Crippen LogP contribution in [-0.2, 0) is 26.0 Å². The number of anilines is 1. The highest BCUT2D eigenvalue weighted by molar-refractivity contribution is 7.92. The summed E-state index contributed by atoms with van der Waals surface area (Å²) >= 11 is 5.54. The van der Waals surface area contributed by atoms with E-state index in [4.69, 9.17) is 11.6 Å². The Morgan fingerprint density at radius 1 is 0.920 bits per heavy atom. The predicted molar refractivity (Wildman–Crippen MR) is 86.8 cm³/mol. The first-order valence-corrected chi connectivity index (χ1v) is 10.3. The molecule has 0 spiro atoms. The van der Waals surface area contributed by atoms with E-state index in [0.29, 0.717) is 6.07 Å². The van der Waals surface area contributed by atoms with Crippen LogP contribution < -0.4 is 4.72 Å². The molecule has 25 heavy (non-hydrogen) atoms. The van der Waals surface area contributed by atoms with Gasteiger partial charge in [-0.05, 0) is 42.5 Å². The Balaban J connectivity index is 2.43. The number of alkyl halides is 3. The summed E-state index contributed by atoms with van der Waals surface area (Å²) in [5, 5.41) is -0.201. The number of sulfone groups is 1. The molecule has 136 valence electrons. The zero-order chi connectivity index (χ0) is 19.0. The summed E-state index contributed by atoms with van der Waals surface area (Å²) in [7, 11) is -7.89. The second-order valence-corrected chi connectivity index (χ2v) is 9.17. The molecule has 2 aromatic rings. The van der Waals surface area contributed by atoms with Crippen molar-refractivity contribution in [2.24, 2.45) is 0 Å². The fourth-order valence-corrected chi connectivity index (χ4v) is 3.79. The molecule has 0 unspecified atom stereocenters. The van der Waals surface area contributed by atoms with Gasteiger partial charge in [0.15, 0.2) is 9.84 Å². The molecule has 2 aromatic carbocycles. The first kappa shape index (κ1) is 19.5. The molecule has 0 amide bonds. The molecule has 0 heterocycles. The van der Waals surface area contributed by atoms with Crippen LogP contribution in [0.2, 0.25) is 5.02 Å². The van der Waals surface area contributed by atoms with Crippen molar-refractivity contribution in [3.63, 3.8) is 0 Å². The van der Waals surface area contributed by atoms with Crippen LogP contribution in [0.5, 0.6) is 0 Å². The average molecular weight is 414 g/mol. The lowest BCUT2D eigenvalue weighted by molar-refractivity contribution is -0.136. The lowest BCUT2D eigenvalue weighted by Crippen LogP contribution is -2.17. The molecule has 0 saturated carbocycles. The van der Waals surface area contributed by atoms with E-state index in [1.807, 2.05) is 4.72 Å². The maximum Gasteiger partial charge on any atom is 0.418 e. The molecule has 0 radical (unpaired) electrons. The van der Waals surface area contributed by atoms with Crippen molar-refractivity contribution in [2.75, 3.05) is 11.0 Å².